The van der Waals surface area contributed by atoms with Crippen LogP contribution in [-0.4, -0.2) is 65.2 Å². The number of ketones is 1. The molecule has 2 unspecified atom stereocenters. The van der Waals surface area contributed by atoms with Gasteiger partial charge in [-0.15, -0.1) is 23.2 Å². The first-order valence-electron chi connectivity index (χ1n) is 13.0. The van der Waals surface area contributed by atoms with Gasteiger partial charge in [0.25, 0.3) is 0 Å². The summed E-state index contributed by atoms with van der Waals surface area (Å²) >= 11 is 12.5. The number of hydrogen-bond acceptors (Lipinski definition) is 7. The van der Waals surface area contributed by atoms with Crippen LogP contribution >= 0.6 is 23.2 Å². The molecule has 2 aliphatic carbocycles. The second-order valence-corrected chi connectivity index (χ2v) is 12.1. The number of halogens is 2. The molecule has 0 spiro atoms. The standard InChI is InChI=1S/C27H28Cl2N6O4/c1-14-19(27(14,28)29)11-32-26(38)22-9-16-8-21(16)35(22)24(37)12-34-20-5-4-17(10-18(20)25(33-34)15(2)36)39-13-23-30-6-3-7-31-23/h3-7,10,14,16,19,21-22H,8-9,11-13H2,1-2H3,(H,32,38)/t14?,16-,19?,21-,22+/m1/s1. The summed E-state index contributed by atoms with van der Waals surface area (Å²) in [6.07, 6.45) is 4.81. The Morgan fingerprint density at radius 2 is 1.92 bits per heavy atom. The van der Waals surface area contributed by atoms with Crippen LogP contribution in [0.15, 0.2) is 36.7 Å². The Kier molecular flexibility index (Phi) is 6.50. The highest BCUT2D eigenvalue weighted by atomic mass is 35.5. The fourth-order valence-electron chi connectivity index (χ4n) is 5.64. The minimum atomic E-state index is -0.809. The van der Waals surface area contributed by atoms with E-state index in [1.807, 2.05) is 6.92 Å². The van der Waals surface area contributed by atoms with Crippen LogP contribution in [0.25, 0.3) is 10.9 Å². The van der Waals surface area contributed by atoms with Gasteiger partial charge in [0, 0.05) is 43.2 Å². The van der Waals surface area contributed by atoms with E-state index >= 15 is 0 Å². The summed E-state index contributed by atoms with van der Waals surface area (Å²) in [5.74, 6) is 0.895. The third-order valence-corrected chi connectivity index (χ3v) is 9.36. The van der Waals surface area contributed by atoms with Crippen molar-refractivity contribution in [3.8, 4) is 5.75 Å². The van der Waals surface area contributed by atoms with Crippen LogP contribution in [0.5, 0.6) is 5.75 Å². The number of likely N-dealkylation sites (tertiary alicyclic amines) is 1. The van der Waals surface area contributed by atoms with E-state index < -0.39 is 10.4 Å². The van der Waals surface area contributed by atoms with Crippen molar-refractivity contribution in [2.75, 3.05) is 6.54 Å². The average molecular weight is 571 g/mol. The molecule has 39 heavy (non-hydrogen) atoms. The van der Waals surface area contributed by atoms with Gasteiger partial charge in [-0.05, 0) is 48.9 Å². The van der Waals surface area contributed by atoms with Crippen LogP contribution < -0.4 is 10.1 Å². The number of piperidine rings is 1. The van der Waals surface area contributed by atoms with Gasteiger partial charge in [-0.3, -0.25) is 19.1 Å². The Morgan fingerprint density at radius 1 is 1.18 bits per heavy atom. The van der Waals surface area contributed by atoms with Gasteiger partial charge in [-0.2, -0.15) is 5.10 Å². The average Bonchev–Trinajstić information content (AvgIpc) is 3.63. The van der Waals surface area contributed by atoms with Crippen molar-refractivity contribution in [2.45, 2.75) is 56.3 Å². The number of rotatable bonds is 9. The van der Waals surface area contributed by atoms with Crippen molar-refractivity contribution in [3.63, 3.8) is 0 Å². The minimum absolute atomic E-state index is 0.000553. The van der Waals surface area contributed by atoms with Crippen molar-refractivity contribution in [3.05, 3.63) is 48.2 Å². The maximum atomic E-state index is 13.5. The summed E-state index contributed by atoms with van der Waals surface area (Å²) in [7, 11) is 0. The van der Waals surface area contributed by atoms with Crippen molar-refractivity contribution >= 4 is 51.7 Å². The molecule has 1 saturated heterocycles. The van der Waals surface area contributed by atoms with Crippen LogP contribution in [0, 0.1) is 17.8 Å². The van der Waals surface area contributed by atoms with Crippen molar-refractivity contribution < 1.29 is 19.1 Å². The lowest BCUT2D eigenvalue weighted by molar-refractivity contribution is -0.140. The zero-order valence-corrected chi connectivity index (χ0v) is 23.0. The highest BCUT2D eigenvalue weighted by molar-refractivity contribution is 6.51. The van der Waals surface area contributed by atoms with E-state index in [-0.39, 0.29) is 54.3 Å². The number of aromatic nitrogens is 4. The number of amides is 2. The van der Waals surface area contributed by atoms with Crippen LogP contribution in [-0.2, 0) is 22.7 Å². The van der Waals surface area contributed by atoms with E-state index in [0.717, 1.165) is 6.42 Å². The molecule has 0 bridgehead atoms. The summed E-state index contributed by atoms with van der Waals surface area (Å²) < 4.78 is 6.54. The van der Waals surface area contributed by atoms with Gasteiger partial charge in [-0.1, -0.05) is 6.92 Å². The molecule has 0 radical (unpaired) electrons. The van der Waals surface area contributed by atoms with E-state index in [4.69, 9.17) is 27.9 Å². The molecule has 6 rings (SSSR count). The number of nitrogens with one attached hydrogen (secondary N) is 1. The van der Waals surface area contributed by atoms with Crippen LogP contribution in [0.2, 0.25) is 0 Å². The monoisotopic (exact) mass is 570 g/mol. The van der Waals surface area contributed by atoms with Crippen molar-refractivity contribution in [1.82, 2.24) is 30.0 Å². The van der Waals surface area contributed by atoms with E-state index in [9.17, 15) is 14.4 Å². The Hall–Kier alpha value is -3.24. The Morgan fingerprint density at radius 3 is 2.62 bits per heavy atom. The zero-order chi connectivity index (χ0) is 27.5. The first kappa shape index (κ1) is 26.0. The van der Waals surface area contributed by atoms with E-state index in [2.05, 4.69) is 20.4 Å². The predicted octanol–water partition coefficient (Wildman–Crippen LogP) is 3.15. The Bertz CT molecular complexity index is 1460. The number of hydrogen-bond donors (Lipinski definition) is 1. The van der Waals surface area contributed by atoms with Gasteiger partial charge in [0.05, 0.1) is 5.52 Å². The molecule has 204 valence electrons. The van der Waals surface area contributed by atoms with Gasteiger partial charge in [0.15, 0.2) is 11.6 Å². The number of Topliss-reactive ketones (excluding diaryl/α,β-unsaturated/α-hetero) is 1. The van der Waals surface area contributed by atoms with Crippen LogP contribution in [0.3, 0.4) is 0 Å². The maximum absolute atomic E-state index is 13.5. The molecule has 3 aromatic rings. The first-order valence-corrected chi connectivity index (χ1v) is 13.8. The smallest absolute Gasteiger partial charge is 0.245 e. The Labute approximate surface area is 235 Å². The number of ether oxygens (including phenoxy) is 1. The second-order valence-electron chi connectivity index (χ2n) is 10.6. The lowest BCUT2D eigenvalue weighted by Gasteiger charge is -2.27. The van der Waals surface area contributed by atoms with Crippen molar-refractivity contribution in [1.29, 1.82) is 0 Å². The number of alkyl halides is 2. The molecule has 1 aliphatic heterocycles. The van der Waals surface area contributed by atoms with Crippen molar-refractivity contribution in [2.24, 2.45) is 17.8 Å². The third kappa shape index (κ3) is 4.84. The van der Waals surface area contributed by atoms with Gasteiger partial charge in [0.1, 0.15) is 35.0 Å². The molecule has 2 saturated carbocycles. The minimum Gasteiger partial charge on any atom is -0.486 e. The SMILES string of the molecule is CC(=O)c1nn(CC(=O)N2[C@@H]3C[C@@H]3C[C@H]2C(=O)NCC2C(C)C2(Cl)Cl)c2ccc(OCc3ncccn3)cc12. The summed E-state index contributed by atoms with van der Waals surface area (Å²) in [6.45, 7) is 3.86. The molecule has 10 nitrogen and oxygen atoms in total. The first-order chi connectivity index (χ1) is 18.6. The summed E-state index contributed by atoms with van der Waals surface area (Å²) in [4.78, 5) is 49.0. The van der Waals surface area contributed by atoms with Gasteiger partial charge < -0.3 is 15.0 Å². The van der Waals surface area contributed by atoms with Gasteiger partial charge >= 0.3 is 0 Å². The molecule has 3 heterocycles. The summed E-state index contributed by atoms with van der Waals surface area (Å²) in [6, 6.07) is 6.52. The summed E-state index contributed by atoms with van der Waals surface area (Å²) in [5.41, 5.74) is 0.885. The molecule has 3 fully saturated rings. The normalized spacial score (nSPS) is 26.3. The predicted molar refractivity (Wildman–Crippen MR) is 143 cm³/mol. The number of fused-ring (bicyclic) bond motifs is 2. The number of benzene rings is 1. The Balaban J connectivity index is 1.17. The molecular formula is C27H28Cl2N6O4. The van der Waals surface area contributed by atoms with Crippen LogP contribution in [0.4, 0.5) is 0 Å². The third-order valence-electron chi connectivity index (χ3n) is 8.11. The quantitative estimate of drug-likeness (QED) is 0.310. The molecule has 12 heteroatoms. The van der Waals surface area contributed by atoms with E-state index in [0.29, 0.717) is 41.4 Å². The fraction of sp³-hybridized carbons (Fsp3) is 0.481. The molecule has 1 aromatic carbocycles. The maximum Gasteiger partial charge on any atom is 0.245 e. The van der Waals surface area contributed by atoms with Crippen LogP contribution in [0.1, 0.15) is 43.0 Å². The fourth-order valence-corrected chi connectivity index (χ4v) is 6.35. The molecule has 3 aliphatic rings. The zero-order valence-electron chi connectivity index (χ0n) is 21.5. The summed E-state index contributed by atoms with van der Waals surface area (Å²) in [5, 5.41) is 8.01. The van der Waals surface area contributed by atoms with Gasteiger partial charge in [-0.25, -0.2) is 9.97 Å². The molecule has 2 amide bonds. The number of carbonyl (C=O) groups excluding carboxylic acids is 3. The molecule has 2 aromatic heterocycles. The number of nitrogens with zero attached hydrogens (tertiary/aromatic N) is 5. The lowest BCUT2D eigenvalue weighted by atomic mass is 10.1. The topological polar surface area (TPSA) is 119 Å². The molecular weight excluding hydrogens is 543 g/mol. The highest BCUT2D eigenvalue weighted by Crippen LogP contribution is 2.58. The lowest BCUT2D eigenvalue weighted by Crippen LogP contribution is -2.49. The highest BCUT2D eigenvalue weighted by Gasteiger charge is 2.60. The number of carbonyl (C=O) groups is 3. The molecule has 1 N–H and O–H groups in total. The molecule has 5 atom stereocenters. The van der Waals surface area contributed by atoms with E-state index in [1.54, 1.807) is 41.6 Å². The largest absolute Gasteiger partial charge is 0.486 e. The van der Waals surface area contributed by atoms with E-state index in [1.165, 1.54) is 11.6 Å². The second kappa shape index (κ2) is 9.75. The van der Waals surface area contributed by atoms with Gasteiger partial charge in [0.2, 0.25) is 11.8 Å².